The van der Waals surface area contributed by atoms with Crippen molar-refractivity contribution in [1.29, 1.82) is 5.26 Å². The summed E-state index contributed by atoms with van der Waals surface area (Å²) in [6.07, 6.45) is 0.764. The van der Waals surface area contributed by atoms with Crippen LogP contribution in [-0.2, 0) is 11.2 Å². The Labute approximate surface area is 160 Å². The van der Waals surface area contributed by atoms with Gasteiger partial charge in [0, 0.05) is 0 Å². The SMILES string of the molecule is Cc1cc(OCC(=O)NCC#N)cc(C)c1Cc1ccc(O)c(C(C)C)c1. The first-order valence-corrected chi connectivity index (χ1v) is 9.00. The van der Waals surface area contributed by atoms with Crippen LogP contribution in [0.3, 0.4) is 0 Å². The average Bonchev–Trinajstić information content (AvgIpc) is 2.62. The summed E-state index contributed by atoms with van der Waals surface area (Å²) in [7, 11) is 0. The standard InChI is InChI=1S/C22H26N2O3/c1-14(2)19-11-17(5-6-21(19)25)12-20-15(3)9-18(10-16(20)4)27-13-22(26)24-8-7-23/h5-6,9-11,14,25H,8,12-13H2,1-4H3,(H,24,26). The van der Waals surface area contributed by atoms with Crippen LogP contribution in [0, 0.1) is 25.2 Å². The summed E-state index contributed by atoms with van der Waals surface area (Å²) in [4.78, 5) is 11.6. The largest absolute Gasteiger partial charge is 0.508 e. The van der Waals surface area contributed by atoms with Crippen LogP contribution in [0.1, 0.15) is 47.6 Å². The normalized spacial score (nSPS) is 10.5. The number of nitrogens with one attached hydrogen (secondary N) is 1. The first kappa shape index (κ1) is 20.3. The number of ether oxygens (including phenoxy) is 1. The number of phenols is 1. The van der Waals surface area contributed by atoms with Crippen molar-refractivity contribution in [3.63, 3.8) is 0 Å². The topological polar surface area (TPSA) is 82.3 Å². The van der Waals surface area contributed by atoms with Gasteiger partial charge < -0.3 is 15.2 Å². The number of phenolic OH excluding ortho intramolecular Hbond substituents is 1. The lowest BCUT2D eigenvalue weighted by Crippen LogP contribution is -2.29. The highest BCUT2D eigenvalue weighted by molar-refractivity contribution is 5.77. The molecule has 0 fully saturated rings. The van der Waals surface area contributed by atoms with Gasteiger partial charge in [0.05, 0.1) is 6.07 Å². The van der Waals surface area contributed by atoms with E-state index < -0.39 is 0 Å². The predicted molar refractivity (Wildman–Crippen MR) is 105 cm³/mol. The van der Waals surface area contributed by atoms with E-state index in [1.54, 1.807) is 6.07 Å². The molecule has 1 amide bonds. The second-order valence-corrected chi connectivity index (χ2v) is 6.98. The van der Waals surface area contributed by atoms with Gasteiger partial charge in [-0.05, 0) is 72.2 Å². The Morgan fingerprint density at radius 2 is 1.89 bits per heavy atom. The molecule has 0 heterocycles. The van der Waals surface area contributed by atoms with E-state index in [-0.39, 0.29) is 25.0 Å². The third-order valence-electron chi connectivity index (χ3n) is 4.50. The molecule has 2 aromatic carbocycles. The first-order chi connectivity index (χ1) is 12.8. The zero-order valence-electron chi connectivity index (χ0n) is 16.3. The van der Waals surface area contributed by atoms with E-state index in [4.69, 9.17) is 10.00 Å². The van der Waals surface area contributed by atoms with Crippen LogP contribution < -0.4 is 10.1 Å². The lowest BCUT2D eigenvalue weighted by molar-refractivity contribution is -0.122. The Morgan fingerprint density at radius 3 is 2.48 bits per heavy atom. The van der Waals surface area contributed by atoms with E-state index in [0.29, 0.717) is 11.5 Å². The average molecular weight is 366 g/mol. The van der Waals surface area contributed by atoms with Crippen molar-refractivity contribution in [3.05, 3.63) is 58.1 Å². The number of carbonyl (C=O) groups excluding carboxylic acids is 1. The number of aryl methyl sites for hydroxylation is 2. The number of hydrogen-bond donors (Lipinski definition) is 2. The lowest BCUT2D eigenvalue weighted by Gasteiger charge is -2.15. The van der Waals surface area contributed by atoms with Crippen LogP contribution in [0.2, 0.25) is 0 Å². The second kappa shape index (κ2) is 9.09. The van der Waals surface area contributed by atoms with Gasteiger partial charge in [0.25, 0.3) is 5.91 Å². The van der Waals surface area contributed by atoms with Gasteiger partial charge in [0.15, 0.2) is 6.61 Å². The Morgan fingerprint density at radius 1 is 1.22 bits per heavy atom. The number of amides is 1. The first-order valence-electron chi connectivity index (χ1n) is 9.00. The van der Waals surface area contributed by atoms with Gasteiger partial charge in [-0.2, -0.15) is 5.26 Å². The molecule has 0 aliphatic carbocycles. The zero-order chi connectivity index (χ0) is 20.0. The maximum atomic E-state index is 11.6. The highest BCUT2D eigenvalue weighted by Gasteiger charge is 2.11. The van der Waals surface area contributed by atoms with Crippen molar-refractivity contribution in [2.45, 2.75) is 40.0 Å². The molecule has 0 spiro atoms. The molecule has 0 atom stereocenters. The summed E-state index contributed by atoms with van der Waals surface area (Å²) in [5, 5.41) is 20.9. The monoisotopic (exact) mass is 366 g/mol. The van der Waals surface area contributed by atoms with Crippen LogP contribution in [0.4, 0.5) is 0 Å². The summed E-state index contributed by atoms with van der Waals surface area (Å²) in [6, 6.07) is 11.5. The van der Waals surface area contributed by atoms with E-state index in [2.05, 4.69) is 25.2 Å². The molecule has 27 heavy (non-hydrogen) atoms. The van der Waals surface area contributed by atoms with Gasteiger partial charge in [-0.3, -0.25) is 4.79 Å². The molecule has 2 aromatic rings. The smallest absolute Gasteiger partial charge is 0.258 e. The fourth-order valence-electron chi connectivity index (χ4n) is 3.03. The lowest BCUT2D eigenvalue weighted by atomic mass is 9.93. The Hall–Kier alpha value is -3.00. The van der Waals surface area contributed by atoms with E-state index in [9.17, 15) is 9.90 Å². The van der Waals surface area contributed by atoms with Crippen LogP contribution >= 0.6 is 0 Å². The number of nitriles is 1. The third kappa shape index (κ3) is 5.49. The highest BCUT2D eigenvalue weighted by Crippen LogP contribution is 2.29. The second-order valence-electron chi connectivity index (χ2n) is 6.98. The van der Waals surface area contributed by atoms with Gasteiger partial charge in [0.2, 0.25) is 0 Å². The van der Waals surface area contributed by atoms with Gasteiger partial charge in [-0.15, -0.1) is 0 Å². The molecule has 142 valence electrons. The molecule has 0 saturated carbocycles. The molecular formula is C22H26N2O3. The minimum absolute atomic E-state index is 0.0236. The molecule has 2 N–H and O–H groups in total. The van der Waals surface area contributed by atoms with Crippen LogP contribution in [0.5, 0.6) is 11.5 Å². The Kier molecular flexibility index (Phi) is 6.84. The summed E-state index contributed by atoms with van der Waals surface area (Å²) in [5.74, 6) is 0.909. The zero-order valence-corrected chi connectivity index (χ0v) is 16.3. The maximum absolute atomic E-state index is 11.6. The van der Waals surface area contributed by atoms with E-state index in [0.717, 1.165) is 28.7 Å². The molecule has 0 saturated heterocycles. The number of rotatable bonds is 7. The maximum Gasteiger partial charge on any atom is 0.258 e. The Bertz CT molecular complexity index is 843. The van der Waals surface area contributed by atoms with Crippen molar-refractivity contribution < 1.29 is 14.6 Å². The number of carbonyl (C=O) groups is 1. The van der Waals surface area contributed by atoms with Gasteiger partial charge in [0.1, 0.15) is 18.0 Å². The number of hydrogen-bond acceptors (Lipinski definition) is 4. The van der Waals surface area contributed by atoms with Crippen LogP contribution in [-0.4, -0.2) is 24.2 Å². The molecule has 0 aliphatic heterocycles. The summed E-state index contributed by atoms with van der Waals surface area (Å²) < 4.78 is 5.54. The summed E-state index contributed by atoms with van der Waals surface area (Å²) in [5.41, 5.74) is 5.47. The molecule has 0 radical (unpaired) electrons. The minimum atomic E-state index is -0.318. The molecule has 5 nitrogen and oxygen atoms in total. The quantitative estimate of drug-likeness (QED) is 0.731. The van der Waals surface area contributed by atoms with Crippen molar-refractivity contribution in [2.75, 3.05) is 13.2 Å². The number of aromatic hydroxyl groups is 1. The van der Waals surface area contributed by atoms with Crippen LogP contribution in [0.25, 0.3) is 0 Å². The molecule has 5 heteroatoms. The van der Waals surface area contributed by atoms with Crippen molar-refractivity contribution in [1.82, 2.24) is 5.32 Å². The van der Waals surface area contributed by atoms with E-state index in [1.807, 2.05) is 38.1 Å². The summed E-state index contributed by atoms with van der Waals surface area (Å²) in [6.45, 7) is 8.03. The van der Waals surface area contributed by atoms with Crippen LogP contribution in [0.15, 0.2) is 30.3 Å². The molecule has 0 aromatic heterocycles. The van der Waals surface area contributed by atoms with Crippen molar-refractivity contribution in [3.8, 4) is 17.6 Å². The van der Waals surface area contributed by atoms with Gasteiger partial charge in [-0.25, -0.2) is 0 Å². The number of nitrogens with zero attached hydrogens (tertiary/aromatic N) is 1. The predicted octanol–water partition coefficient (Wildman–Crippen LogP) is 3.74. The molecule has 0 unspecified atom stereocenters. The third-order valence-corrected chi connectivity index (χ3v) is 4.50. The minimum Gasteiger partial charge on any atom is -0.508 e. The van der Waals surface area contributed by atoms with Crippen molar-refractivity contribution in [2.24, 2.45) is 0 Å². The molecule has 2 rings (SSSR count). The fraction of sp³-hybridized carbons (Fsp3) is 0.364. The van der Waals surface area contributed by atoms with E-state index in [1.165, 1.54) is 5.56 Å². The van der Waals surface area contributed by atoms with E-state index >= 15 is 0 Å². The fourth-order valence-corrected chi connectivity index (χ4v) is 3.03. The Balaban J connectivity index is 2.14. The molecule has 0 bridgehead atoms. The summed E-state index contributed by atoms with van der Waals surface area (Å²) >= 11 is 0. The molecular weight excluding hydrogens is 340 g/mol. The number of benzene rings is 2. The van der Waals surface area contributed by atoms with Gasteiger partial charge in [-0.1, -0.05) is 26.0 Å². The molecule has 0 aliphatic rings. The highest BCUT2D eigenvalue weighted by atomic mass is 16.5. The van der Waals surface area contributed by atoms with Crippen molar-refractivity contribution >= 4 is 5.91 Å². The van der Waals surface area contributed by atoms with Gasteiger partial charge >= 0.3 is 0 Å².